The van der Waals surface area contributed by atoms with Crippen molar-refractivity contribution in [1.29, 1.82) is 0 Å². The van der Waals surface area contributed by atoms with Crippen molar-refractivity contribution in [3.8, 4) is 0 Å². The highest BCUT2D eigenvalue weighted by atomic mass is 32.9. The lowest BCUT2D eigenvalue weighted by Crippen LogP contribution is -2.30. The predicted molar refractivity (Wildman–Crippen MR) is 83.9 cm³/mol. The predicted octanol–water partition coefficient (Wildman–Crippen LogP) is 1.98. The first-order valence-electron chi connectivity index (χ1n) is 5.98. The summed E-state index contributed by atoms with van der Waals surface area (Å²) < 4.78 is 12.7. The molecule has 0 spiro atoms. The Balaban J connectivity index is 2.05. The fourth-order valence-electron chi connectivity index (χ4n) is 1.45. The molecule has 0 aromatic carbocycles. The largest absolute Gasteiger partial charge is 0.322 e. The number of nitrogens with one attached hydrogen (secondary N) is 1. The van der Waals surface area contributed by atoms with Crippen LogP contribution in [0.2, 0.25) is 0 Å². The van der Waals surface area contributed by atoms with Gasteiger partial charge < -0.3 is 9.05 Å². The Morgan fingerprint density at radius 3 is 2.80 bits per heavy atom. The average molecular weight is 354 g/mol. The van der Waals surface area contributed by atoms with Crippen LogP contribution in [0, 0.1) is 0 Å². The van der Waals surface area contributed by atoms with Crippen molar-refractivity contribution in [2.24, 2.45) is 0 Å². The van der Waals surface area contributed by atoms with Gasteiger partial charge >= 0.3 is 0 Å². The van der Waals surface area contributed by atoms with Crippen LogP contribution in [0.5, 0.6) is 0 Å². The minimum Gasteiger partial charge on any atom is -0.322 e. The maximum atomic E-state index is 11.4. The monoisotopic (exact) mass is 354 g/mol. The van der Waals surface area contributed by atoms with E-state index in [0.717, 1.165) is 0 Å². The van der Waals surface area contributed by atoms with Crippen molar-refractivity contribution in [3.63, 3.8) is 0 Å². The van der Waals surface area contributed by atoms with Crippen molar-refractivity contribution >= 4 is 46.6 Å². The molecule has 1 aromatic heterocycles. The van der Waals surface area contributed by atoms with Gasteiger partial charge in [0.05, 0.1) is 24.7 Å². The van der Waals surface area contributed by atoms with E-state index in [2.05, 4.69) is 15.6 Å². The van der Waals surface area contributed by atoms with Gasteiger partial charge in [0.15, 0.2) is 5.82 Å². The number of hydrogen-bond donors (Lipinski definition) is 1. The van der Waals surface area contributed by atoms with Gasteiger partial charge in [-0.05, 0) is 25.7 Å². The molecule has 112 valence electrons. The second-order valence-corrected chi connectivity index (χ2v) is 10.9. The Hall–Kier alpha value is -0.120. The lowest BCUT2D eigenvalue weighted by atomic mass is 10.7. The van der Waals surface area contributed by atoms with E-state index < -0.39 is 5.69 Å². The van der Waals surface area contributed by atoms with Gasteiger partial charge in [-0.3, -0.25) is 10.2 Å². The molecule has 0 radical (unpaired) electrons. The Bertz CT molecular complexity index is 529. The lowest BCUT2D eigenvalue weighted by molar-refractivity contribution is -0.115. The highest BCUT2D eigenvalue weighted by Crippen LogP contribution is 2.61. The second-order valence-electron chi connectivity index (χ2n) is 3.61. The molecule has 0 saturated carbocycles. The molecule has 11 heteroatoms. The van der Waals surface area contributed by atoms with E-state index in [1.807, 2.05) is 13.8 Å². The maximum Gasteiger partial charge on any atom is 0.249 e. The standard InChI is InChI=1S/C9H15N4O3PS3/c1-3-15-17(18,16-4-2)20-5-7-10-11-9-13(7)12-8(14)6-19-9/h3-6H2,1-2H3,(H,12,14). The topological polar surface area (TPSA) is 78.3 Å². The number of fused-ring (bicyclic) bond motifs is 1. The Labute approximate surface area is 130 Å². The van der Waals surface area contributed by atoms with Crippen LogP contribution >= 0.6 is 28.8 Å². The molecular weight excluding hydrogens is 339 g/mol. The summed E-state index contributed by atoms with van der Waals surface area (Å²) in [5.41, 5.74) is 0.362. The van der Waals surface area contributed by atoms with E-state index >= 15 is 0 Å². The van der Waals surface area contributed by atoms with Crippen LogP contribution in [0.4, 0.5) is 0 Å². The van der Waals surface area contributed by atoms with Gasteiger partial charge in [0, 0.05) is 0 Å². The number of carbonyl (C=O) groups is 1. The van der Waals surface area contributed by atoms with E-state index in [0.29, 0.717) is 35.7 Å². The van der Waals surface area contributed by atoms with Crippen LogP contribution in [0.1, 0.15) is 19.7 Å². The zero-order valence-electron chi connectivity index (χ0n) is 11.1. The van der Waals surface area contributed by atoms with Crippen LogP contribution in [-0.2, 0) is 31.4 Å². The van der Waals surface area contributed by atoms with Gasteiger partial charge in [-0.15, -0.1) is 10.2 Å². The van der Waals surface area contributed by atoms with E-state index in [-0.39, 0.29) is 5.91 Å². The molecule has 0 aliphatic carbocycles. The minimum absolute atomic E-state index is 0.0670. The minimum atomic E-state index is -2.36. The van der Waals surface area contributed by atoms with Crippen LogP contribution in [-0.4, -0.2) is 39.7 Å². The summed E-state index contributed by atoms with van der Waals surface area (Å²) in [5, 5.41) is 8.78. The molecule has 0 fully saturated rings. The highest BCUT2D eigenvalue weighted by molar-refractivity contribution is 8.67. The van der Waals surface area contributed by atoms with Crippen LogP contribution < -0.4 is 5.43 Å². The van der Waals surface area contributed by atoms with Crippen LogP contribution in [0.25, 0.3) is 0 Å². The van der Waals surface area contributed by atoms with E-state index in [4.69, 9.17) is 20.9 Å². The molecular formula is C9H15N4O3PS3. The zero-order valence-corrected chi connectivity index (χ0v) is 14.4. The van der Waals surface area contributed by atoms with Crippen molar-refractivity contribution in [3.05, 3.63) is 5.82 Å². The number of nitrogens with zero attached hydrogens (tertiary/aromatic N) is 3. The molecule has 2 rings (SSSR count). The Morgan fingerprint density at radius 2 is 2.15 bits per heavy atom. The van der Waals surface area contributed by atoms with E-state index in [9.17, 15) is 4.79 Å². The number of rotatable bonds is 7. The smallest absolute Gasteiger partial charge is 0.249 e. The summed E-state index contributed by atoms with van der Waals surface area (Å²) in [6.45, 7) is 4.79. The van der Waals surface area contributed by atoms with Crippen molar-refractivity contribution in [2.75, 3.05) is 24.4 Å². The quantitative estimate of drug-likeness (QED) is 0.745. The number of carbonyl (C=O) groups excluding carboxylic acids is 1. The van der Waals surface area contributed by atoms with E-state index in [1.54, 1.807) is 4.68 Å². The fraction of sp³-hybridized carbons (Fsp3) is 0.667. The molecule has 1 aromatic rings. The summed E-state index contributed by atoms with van der Waals surface area (Å²) in [5.74, 6) is 1.41. The SMILES string of the molecule is CCOP(=S)(OCC)SCc1nnc2n1NC(=O)CS2. The zero-order chi connectivity index (χ0) is 14.6. The molecule has 1 N–H and O–H groups in total. The molecule has 0 saturated heterocycles. The van der Waals surface area contributed by atoms with Gasteiger partial charge in [0.2, 0.25) is 16.8 Å². The third-order valence-corrected chi connectivity index (χ3v) is 8.53. The summed E-state index contributed by atoms with van der Waals surface area (Å²) in [7, 11) is 0. The summed E-state index contributed by atoms with van der Waals surface area (Å²) in [4.78, 5) is 11.4. The van der Waals surface area contributed by atoms with Gasteiger partial charge in [-0.25, -0.2) is 4.68 Å². The van der Waals surface area contributed by atoms with Crippen LogP contribution in [0.3, 0.4) is 0 Å². The summed E-state index contributed by atoms with van der Waals surface area (Å²) in [6, 6.07) is 0. The number of aromatic nitrogens is 3. The third-order valence-electron chi connectivity index (χ3n) is 2.20. The number of thioether (sulfide) groups is 1. The lowest BCUT2D eigenvalue weighted by Gasteiger charge is -2.20. The fourth-order valence-corrected chi connectivity index (χ4v) is 6.48. The Morgan fingerprint density at radius 1 is 1.45 bits per heavy atom. The number of amides is 1. The molecule has 0 atom stereocenters. The van der Waals surface area contributed by atoms with Crippen molar-refractivity contribution in [2.45, 2.75) is 24.8 Å². The first kappa shape index (κ1) is 16.3. The van der Waals surface area contributed by atoms with E-state index in [1.165, 1.54) is 23.1 Å². The van der Waals surface area contributed by atoms with Gasteiger partial charge in [0.25, 0.3) is 0 Å². The molecule has 0 bridgehead atoms. The first-order valence-corrected chi connectivity index (χ1v) is 11.2. The first-order chi connectivity index (χ1) is 9.58. The molecule has 2 heterocycles. The molecule has 7 nitrogen and oxygen atoms in total. The highest BCUT2D eigenvalue weighted by Gasteiger charge is 2.24. The molecule has 1 amide bonds. The maximum absolute atomic E-state index is 11.4. The van der Waals surface area contributed by atoms with Gasteiger partial charge in [0.1, 0.15) is 0 Å². The summed E-state index contributed by atoms with van der Waals surface area (Å²) in [6.07, 6.45) is 0. The third kappa shape index (κ3) is 3.96. The van der Waals surface area contributed by atoms with Crippen molar-refractivity contribution < 1.29 is 13.8 Å². The van der Waals surface area contributed by atoms with Gasteiger partial charge in [-0.2, -0.15) is 0 Å². The van der Waals surface area contributed by atoms with Crippen LogP contribution in [0.15, 0.2) is 5.16 Å². The second kappa shape index (κ2) is 7.24. The average Bonchev–Trinajstić information content (AvgIpc) is 2.79. The normalized spacial score (nSPS) is 15.0. The molecule has 1 aliphatic rings. The summed E-state index contributed by atoms with van der Waals surface area (Å²) >= 11 is 8.19. The van der Waals surface area contributed by atoms with Gasteiger partial charge in [-0.1, -0.05) is 23.1 Å². The Kier molecular flexibility index (Phi) is 5.88. The van der Waals surface area contributed by atoms with Crippen molar-refractivity contribution in [1.82, 2.24) is 14.9 Å². The molecule has 1 aliphatic heterocycles. The molecule has 0 unspecified atom stereocenters. The molecule has 20 heavy (non-hydrogen) atoms. The number of hydrogen-bond acceptors (Lipinski definition) is 8.